The highest BCUT2D eigenvalue weighted by Gasteiger charge is 2.38. The van der Waals surface area contributed by atoms with Gasteiger partial charge in [-0.25, -0.2) is 4.79 Å². The standard InChI is InChI=1S/C8H13O8P/c1-17(2,15)16-6(8(13)14)4(7(11)12)3-5(9)10/h4,6H,3H2,1-2H3,(H,9,10)(H,11,12)(H,13,14). The zero-order valence-corrected chi connectivity index (χ0v) is 10.1. The normalized spacial score (nSPS) is 14.9. The van der Waals surface area contributed by atoms with E-state index in [1.165, 1.54) is 0 Å². The lowest BCUT2D eigenvalue weighted by Crippen LogP contribution is -2.37. The number of carboxylic acid groups (broad SMARTS) is 3. The summed E-state index contributed by atoms with van der Waals surface area (Å²) in [4.78, 5) is 32.0. The topological polar surface area (TPSA) is 138 Å². The van der Waals surface area contributed by atoms with E-state index in [0.717, 1.165) is 13.3 Å². The molecule has 0 amide bonds. The van der Waals surface area contributed by atoms with Gasteiger partial charge in [0.1, 0.15) is 5.92 Å². The Balaban J connectivity index is 5.10. The Labute approximate surface area is 96.7 Å². The van der Waals surface area contributed by atoms with Crippen LogP contribution >= 0.6 is 7.37 Å². The smallest absolute Gasteiger partial charge is 0.334 e. The molecule has 0 spiro atoms. The lowest BCUT2D eigenvalue weighted by atomic mass is 9.99. The fourth-order valence-corrected chi connectivity index (χ4v) is 1.86. The van der Waals surface area contributed by atoms with Gasteiger partial charge in [-0.2, -0.15) is 0 Å². The molecule has 0 fully saturated rings. The summed E-state index contributed by atoms with van der Waals surface area (Å²) in [6, 6.07) is 0. The molecule has 17 heavy (non-hydrogen) atoms. The molecule has 0 saturated heterocycles. The fraction of sp³-hybridized carbons (Fsp3) is 0.625. The van der Waals surface area contributed by atoms with Crippen molar-refractivity contribution in [2.24, 2.45) is 5.92 Å². The first-order chi connectivity index (χ1) is 7.54. The molecule has 2 unspecified atom stereocenters. The molecule has 8 nitrogen and oxygen atoms in total. The molecule has 0 heterocycles. The van der Waals surface area contributed by atoms with Crippen LogP contribution < -0.4 is 0 Å². The molecule has 9 heteroatoms. The maximum absolute atomic E-state index is 11.3. The number of carbonyl (C=O) groups is 3. The fourth-order valence-electron chi connectivity index (χ4n) is 1.08. The van der Waals surface area contributed by atoms with Crippen molar-refractivity contribution in [1.29, 1.82) is 0 Å². The van der Waals surface area contributed by atoms with Gasteiger partial charge in [0, 0.05) is 13.3 Å². The largest absolute Gasteiger partial charge is 0.481 e. The first-order valence-electron chi connectivity index (χ1n) is 4.45. The molecule has 0 aliphatic carbocycles. The minimum atomic E-state index is -3.25. The maximum Gasteiger partial charge on any atom is 0.334 e. The average Bonchev–Trinajstić information content (AvgIpc) is 2.08. The molecule has 98 valence electrons. The second kappa shape index (κ2) is 5.79. The summed E-state index contributed by atoms with van der Waals surface area (Å²) in [5.74, 6) is -6.57. The van der Waals surface area contributed by atoms with Crippen molar-refractivity contribution in [3.8, 4) is 0 Å². The quantitative estimate of drug-likeness (QED) is 0.555. The zero-order chi connectivity index (χ0) is 13.8. The molecule has 0 bridgehead atoms. The number of hydrogen-bond donors (Lipinski definition) is 3. The highest BCUT2D eigenvalue weighted by Crippen LogP contribution is 2.40. The van der Waals surface area contributed by atoms with Crippen molar-refractivity contribution in [3.05, 3.63) is 0 Å². The van der Waals surface area contributed by atoms with Crippen molar-refractivity contribution < 1.29 is 38.8 Å². The highest BCUT2D eigenvalue weighted by atomic mass is 31.2. The predicted octanol–water partition coefficient (Wildman–Crippen LogP) is 0.169. The summed E-state index contributed by atoms with van der Waals surface area (Å²) in [5.41, 5.74) is 0. The maximum atomic E-state index is 11.3. The second-order valence-electron chi connectivity index (χ2n) is 3.66. The van der Waals surface area contributed by atoms with Gasteiger partial charge in [0.15, 0.2) is 13.5 Å². The Morgan fingerprint density at radius 1 is 1.12 bits per heavy atom. The van der Waals surface area contributed by atoms with Gasteiger partial charge in [0.25, 0.3) is 0 Å². The van der Waals surface area contributed by atoms with Crippen LogP contribution in [-0.4, -0.2) is 52.7 Å². The molecular weight excluding hydrogens is 255 g/mol. The lowest BCUT2D eigenvalue weighted by molar-refractivity contribution is -0.160. The molecule has 0 aliphatic rings. The van der Waals surface area contributed by atoms with E-state index in [9.17, 15) is 18.9 Å². The van der Waals surface area contributed by atoms with Gasteiger partial charge in [0.05, 0.1) is 6.42 Å². The van der Waals surface area contributed by atoms with Crippen molar-refractivity contribution >= 4 is 25.3 Å². The van der Waals surface area contributed by atoms with Crippen molar-refractivity contribution in [3.63, 3.8) is 0 Å². The molecule has 2 atom stereocenters. The van der Waals surface area contributed by atoms with Crippen molar-refractivity contribution in [2.75, 3.05) is 13.3 Å². The van der Waals surface area contributed by atoms with Crippen LogP contribution in [0.1, 0.15) is 6.42 Å². The van der Waals surface area contributed by atoms with Gasteiger partial charge in [-0.05, 0) is 0 Å². The Bertz CT molecular complexity index is 370. The van der Waals surface area contributed by atoms with Crippen LogP contribution in [0.5, 0.6) is 0 Å². The molecular formula is C8H13O8P. The van der Waals surface area contributed by atoms with E-state index in [2.05, 4.69) is 4.52 Å². The molecule has 3 N–H and O–H groups in total. The summed E-state index contributed by atoms with van der Waals surface area (Å²) in [6.45, 7) is 2.23. The SMILES string of the molecule is CP(C)(=O)OC(C(=O)O)C(CC(=O)O)C(=O)O. The molecule has 0 aromatic carbocycles. The number of rotatable bonds is 7. The molecule has 0 saturated carbocycles. The number of carboxylic acids is 3. The van der Waals surface area contributed by atoms with Crippen LogP contribution in [0.25, 0.3) is 0 Å². The van der Waals surface area contributed by atoms with Crippen LogP contribution in [0, 0.1) is 5.92 Å². The summed E-state index contributed by atoms with van der Waals surface area (Å²) in [6.07, 6.45) is -2.88. The van der Waals surface area contributed by atoms with Gasteiger partial charge in [-0.3, -0.25) is 14.2 Å². The van der Waals surface area contributed by atoms with Crippen LogP contribution in [0.4, 0.5) is 0 Å². The minimum Gasteiger partial charge on any atom is -0.481 e. The summed E-state index contributed by atoms with van der Waals surface area (Å²) in [7, 11) is -3.25. The van der Waals surface area contributed by atoms with Gasteiger partial charge >= 0.3 is 17.9 Å². The highest BCUT2D eigenvalue weighted by molar-refractivity contribution is 7.57. The summed E-state index contributed by atoms with van der Waals surface area (Å²) in [5, 5.41) is 26.0. The van der Waals surface area contributed by atoms with Crippen molar-refractivity contribution in [1.82, 2.24) is 0 Å². The molecule has 0 rings (SSSR count). The van der Waals surface area contributed by atoms with Crippen LogP contribution in [-0.2, 0) is 23.5 Å². The molecule has 0 aromatic heterocycles. The monoisotopic (exact) mass is 268 g/mol. The average molecular weight is 268 g/mol. The van der Waals surface area contributed by atoms with Crippen LogP contribution in [0.15, 0.2) is 0 Å². The molecule has 0 radical (unpaired) electrons. The Morgan fingerprint density at radius 3 is 1.82 bits per heavy atom. The van der Waals surface area contributed by atoms with Crippen LogP contribution in [0.2, 0.25) is 0 Å². The summed E-state index contributed by atoms with van der Waals surface area (Å²) >= 11 is 0. The third kappa shape index (κ3) is 6.03. The van der Waals surface area contributed by atoms with E-state index in [1.807, 2.05) is 0 Å². The van der Waals surface area contributed by atoms with Gasteiger partial charge in [-0.15, -0.1) is 0 Å². The van der Waals surface area contributed by atoms with Crippen molar-refractivity contribution in [2.45, 2.75) is 12.5 Å². The minimum absolute atomic E-state index is 0.924. The van der Waals surface area contributed by atoms with E-state index in [-0.39, 0.29) is 0 Å². The van der Waals surface area contributed by atoms with Gasteiger partial charge < -0.3 is 19.8 Å². The first-order valence-corrected chi connectivity index (χ1v) is 6.97. The number of hydrogen-bond acceptors (Lipinski definition) is 5. The summed E-state index contributed by atoms with van der Waals surface area (Å²) < 4.78 is 16.0. The third-order valence-corrected chi connectivity index (χ3v) is 2.42. The zero-order valence-electron chi connectivity index (χ0n) is 9.19. The molecule has 0 aliphatic heterocycles. The van der Waals surface area contributed by atoms with Gasteiger partial charge in [-0.1, -0.05) is 0 Å². The van der Waals surface area contributed by atoms with Gasteiger partial charge in [0.2, 0.25) is 0 Å². The second-order valence-corrected chi connectivity index (χ2v) is 6.37. The lowest BCUT2D eigenvalue weighted by Gasteiger charge is -2.21. The Morgan fingerprint density at radius 2 is 1.59 bits per heavy atom. The Hall–Kier alpha value is -1.40. The number of aliphatic carboxylic acids is 3. The van der Waals surface area contributed by atoms with Crippen LogP contribution in [0.3, 0.4) is 0 Å². The predicted molar refractivity (Wildman–Crippen MR) is 55.3 cm³/mol. The first kappa shape index (κ1) is 15.6. The molecule has 0 aromatic rings. The van der Waals surface area contributed by atoms with E-state index < -0.39 is 43.7 Å². The van der Waals surface area contributed by atoms with E-state index in [0.29, 0.717) is 0 Å². The third-order valence-electron chi connectivity index (χ3n) is 1.69. The van der Waals surface area contributed by atoms with E-state index in [4.69, 9.17) is 15.3 Å². The Kier molecular flexibility index (Phi) is 5.31. The van der Waals surface area contributed by atoms with E-state index >= 15 is 0 Å². The van der Waals surface area contributed by atoms with E-state index in [1.54, 1.807) is 0 Å².